The first-order valence-electron chi connectivity index (χ1n) is 8.81. The number of likely N-dealkylation sites (tertiary alicyclic amines) is 1. The normalized spacial score (nSPS) is 14.9. The van der Waals surface area contributed by atoms with Crippen molar-refractivity contribution in [3.05, 3.63) is 63.6 Å². The molecular formula is C20H21Cl2N3O2. The molecule has 7 heteroatoms. The summed E-state index contributed by atoms with van der Waals surface area (Å²) in [5.74, 6) is 0.182. The molecule has 0 radical (unpaired) electrons. The summed E-state index contributed by atoms with van der Waals surface area (Å²) in [6.07, 6.45) is 1.53. The van der Waals surface area contributed by atoms with Gasteiger partial charge in [0, 0.05) is 25.2 Å². The van der Waals surface area contributed by atoms with Crippen molar-refractivity contribution in [1.29, 1.82) is 0 Å². The monoisotopic (exact) mass is 405 g/mol. The Labute approximate surface area is 168 Å². The van der Waals surface area contributed by atoms with Crippen molar-refractivity contribution in [2.24, 2.45) is 0 Å². The van der Waals surface area contributed by atoms with Gasteiger partial charge in [-0.3, -0.25) is 4.79 Å². The summed E-state index contributed by atoms with van der Waals surface area (Å²) < 4.78 is 0. The number of amides is 3. The zero-order valence-corrected chi connectivity index (χ0v) is 16.5. The molecule has 0 saturated carbocycles. The van der Waals surface area contributed by atoms with Gasteiger partial charge >= 0.3 is 6.03 Å². The van der Waals surface area contributed by atoms with E-state index in [4.69, 9.17) is 23.2 Å². The number of rotatable bonds is 5. The number of halogens is 2. The van der Waals surface area contributed by atoms with E-state index < -0.39 is 0 Å². The predicted molar refractivity (Wildman–Crippen MR) is 108 cm³/mol. The molecule has 0 aromatic heterocycles. The number of carbonyl (C=O) groups excluding carboxylic acids is 2. The zero-order valence-electron chi connectivity index (χ0n) is 15.0. The third-order valence-corrected chi connectivity index (χ3v) is 5.26. The molecule has 1 atom stereocenters. The average molecular weight is 406 g/mol. The number of anilines is 1. The van der Waals surface area contributed by atoms with Crippen LogP contribution in [0.25, 0.3) is 0 Å². The first kappa shape index (κ1) is 19.5. The maximum absolute atomic E-state index is 12.3. The summed E-state index contributed by atoms with van der Waals surface area (Å²) in [5.41, 5.74) is 2.53. The van der Waals surface area contributed by atoms with Gasteiger partial charge in [-0.2, -0.15) is 0 Å². The van der Waals surface area contributed by atoms with Crippen LogP contribution >= 0.6 is 23.2 Å². The van der Waals surface area contributed by atoms with Crippen LogP contribution in [0.4, 0.5) is 10.5 Å². The van der Waals surface area contributed by atoms with Gasteiger partial charge in [-0.05, 0) is 48.7 Å². The SMILES string of the molecule is CC(NC(=O)Nc1cccc(CN2CCCC2=O)c1)c1ccc(Cl)c(Cl)c1. The largest absolute Gasteiger partial charge is 0.338 e. The van der Waals surface area contributed by atoms with Crippen LogP contribution in [0.5, 0.6) is 0 Å². The number of carbonyl (C=O) groups is 2. The molecule has 1 heterocycles. The molecule has 3 rings (SSSR count). The van der Waals surface area contributed by atoms with E-state index in [2.05, 4.69) is 10.6 Å². The average Bonchev–Trinajstić information content (AvgIpc) is 3.02. The molecule has 1 unspecified atom stereocenters. The number of urea groups is 1. The van der Waals surface area contributed by atoms with Gasteiger partial charge in [-0.25, -0.2) is 4.79 Å². The maximum Gasteiger partial charge on any atom is 0.319 e. The lowest BCUT2D eigenvalue weighted by molar-refractivity contribution is -0.128. The second-order valence-electron chi connectivity index (χ2n) is 6.61. The van der Waals surface area contributed by atoms with E-state index in [1.165, 1.54) is 0 Å². The first-order valence-corrected chi connectivity index (χ1v) is 9.57. The van der Waals surface area contributed by atoms with Crippen LogP contribution in [0.3, 0.4) is 0 Å². The van der Waals surface area contributed by atoms with Crippen molar-refractivity contribution < 1.29 is 9.59 Å². The Bertz CT molecular complexity index is 857. The molecule has 5 nitrogen and oxygen atoms in total. The minimum Gasteiger partial charge on any atom is -0.338 e. The third kappa shape index (κ3) is 5.15. The van der Waals surface area contributed by atoms with Gasteiger partial charge in [0.15, 0.2) is 0 Å². The van der Waals surface area contributed by atoms with Crippen molar-refractivity contribution in [2.45, 2.75) is 32.4 Å². The molecule has 27 heavy (non-hydrogen) atoms. The highest BCUT2D eigenvalue weighted by molar-refractivity contribution is 6.42. The van der Waals surface area contributed by atoms with E-state index in [9.17, 15) is 9.59 Å². The molecule has 1 aliphatic rings. The van der Waals surface area contributed by atoms with Crippen LogP contribution in [0.2, 0.25) is 10.0 Å². The maximum atomic E-state index is 12.3. The van der Waals surface area contributed by atoms with Crippen molar-refractivity contribution in [1.82, 2.24) is 10.2 Å². The number of hydrogen-bond acceptors (Lipinski definition) is 2. The quantitative estimate of drug-likeness (QED) is 0.734. The van der Waals surface area contributed by atoms with E-state index in [1.54, 1.807) is 12.1 Å². The fourth-order valence-corrected chi connectivity index (χ4v) is 3.37. The van der Waals surface area contributed by atoms with Gasteiger partial charge in [0.05, 0.1) is 16.1 Å². The van der Waals surface area contributed by atoms with Crippen LogP contribution in [0.1, 0.15) is 36.9 Å². The van der Waals surface area contributed by atoms with E-state index in [-0.39, 0.29) is 18.0 Å². The molecule has 0 spiro atoms. The van der Waals surface area contributed by atoms with Crippen LogP contribution in [0, 0.1) is 0 Å². The Hall–Kier alpha value is -2.24. The van der Waals surface area contributed by atoms with Gasteiger partial charge in [0.1, 0.15) is 0 Å². The number of benzene rings is 2. The highest BCUT2D eigenvalue weighted by Crippen LogP contribution is 2.25. The second kappa shape index (κ2) is 8.63. The van der Waals surface area contributed by atoms with Crippen LogP contribution < -0.4 is 10.6 Å². The lowest BCUT2D eigenvalue weighted by Crippen LogP contribution is -2.31. The molecule has 0 aliphatic carbocycles. The summed E-state index contributed by atoms with van der Waals surface area (Å²) in [6.45, 7) is 3.22. The van der Waals surface area contributed by atoms with Gasteiger partial charge in [0.2, 0.25) is 5.91 Å². The molecule has 2 aromatic rings. The fourth-order valence-electron chi connectivity index (χ4n) is 3.07. The summed E-state index contributed by atoms with van der Waals surface area (Å²) in [4.78, 5) is 25.9. The Morgan fingerprint density at radius 2 is 2.00 bits per heavy atom. The minimum atomic E-state index is -0.317. The van der Waals surface area contributed by atoms with E-state index in [0.717, 1.165) is 24.1 Å². The molecular weight excluding hydrogens is 385 g/mol. The van der Waals surface area contributed by atoms with Gasteiger partial charge in [0.25, 0.3) is 0 Å². The lowest BCUT2D eigenvalue weighted by atomic mass is 10.1. The lowest BCUT2D eigenvalue weighted by Gasteiger charge is -2.17. The summed E-state index contributed by atoms with van der Waals surface area (Å²) in [5, 5.41) is 6.64. The topological polar surface area (TPSA) is 61.4 Å². The summed E-state index contributed by atoms with van der Waals surface area (Å²) in [7, 11) is 0. The van der Waals surface area contributed by atoms with Crippen LogP contribution in [0.15, 0.2) is 42.5 Å². The smallest absolute Gasteiger partial charge is 0.319 e. The molecule has 2 N–H and O–H groups in total. The third-order valence-electron chi connectivity index (χ3n) is 4.52. The highest BCUT2D eigenvalue weighted by Gasteiger charge is 2.20. The summed E-state index contributed by atoms with van der Waals surface area (Å²) >= 11 is 12.0. The van der Waals surface area contributed by atoms with Gasteiger partial charge in [-0.1, -0.05) is 41.4 Å². The highest BCUT2D eigenvalue weighted by atomic mass is 35.5. The molecule has 1 saturated heterocycles. The molecule has 1 aliphatic heterocycles. The van der Waals surface area contributed by atoms with Crippen molar-refractivity contribution in [2.75, 3.05) is 11.9 Å². The van der Waals surface area contributed by atoms with E-state index in [1.807, 2.05) is 42.2 Å². The second-order valence-corrected chi connectivity index (χ2v) is 7.43. The van der Waals surface area contributed by atoms with Crippen LogP contribution in [-0.2, 0) is 11.3 Å². The fraction of sp³-hybridized carbons (Fsp3) is 0.300. The standard InChI is InChI=1S/C20H21Cl2N3O2/c1-13(15-7-8-17(21)18(22)11-15)23-20(27)24-16-5-2-4-14(10-16)12-25-9-3-6-19(25)26/h2,4-5,7-8,10-11,13H,3,6,9,12H2,1H3,(H2,23,24,27). The van der Waals surface area contributed by atoms with Crippen molar-refractivity contribution in [3.8, 4) is 0 Å². The first-order chi connectivity index (χ1) is 12.9. The van der Waals surface area contributed by atoms with Crippen molar-refractivity contribution in [3.63, 3.8) is 0 Å². The molecule has 0 bridgehead atoms. The Kier molecular flexibility index (Phi) is 6.24. The van der Waals surface area contributed by atoms with Crippen LogP contribution in [-0.4, -0.2) is 23.4 Å². The molecule has 2 aromatic carbocycles. The Balaban J connectivity index is 1.59. The minimum absolute atomic E-state index is 0.182. The van der Waals surface area contributed by atoms with Gasteiger partial charge in [-0.15, -0.1) is 0 Å². The molecule has 142 valence electrons. The molecule has 3 amide bonds. The van der Waals surface area contributed by atoms with E-state index in [0.29, 0.717) is 28.7 Å². The van der Waals surface area contributed by atoms with Gasteiger partial charge < -0.3 is 15.5 Å². The van der Waals surface area contributed by atoms with E-state index >= 15 is 0 Å². The Morgan fingerprint density at radius 3 is 2.70 bits per heavy atom. The zero-order chi connectivity index (χ0) is 19.4. The number of hydrogen-bond donors (Lipinski definition) is 2. The van der Waals surface area contributed by atoms with Crippen molar-refractivity contribution >= 4 is 40.8 Å². The number of nitrogens with one attached hydrogen (secondary N) is 2. The summed E-state index contributed by atoms with van der Waals surface area (Å²) in [6, 6.07) is 12.2. The number of nitrogens with zero attached hydrogens (tertiary/aromatic N) is 1. The Morgan fingerprint density at radius 1 is 1.19 bits per heavy atom. The predicted octanol–water partition coefficient (Wildman–Crippen LogP) is 5.00. The molecule has 1 fully saturated rings.